The molecule has 12 N–H and O–H groups in total. The van der Waals surface area contributed by atoms with Crippen LogP contribution in [0, 0.1) is 58.3 Å². The summed E-state index contributed by atoms with van der Waals surface area (Å²) in [5.74, 6) is 0.129. The number of ether oxygens (including phenoxy) is 3. The number of para-hydroxylation sites is 1. The highest BCUT2D eigenvalue weighted by atomic mass is 19.2. The number of halogens is 9. The van der Waals surface area contributed by atoms with Crippen LogP contribution in [-0.4, -0.2) is 59.6 Å². The molecule has 0 fully saturated rings. The molecule has 12 aromatic rings. The minimum atomic E-state index is -0.289. The lowest BCUT2D eigenvalue weighted by Crippen LogP contribution is -2.22. The summed E-state index contributed by atoms with van der Waals surface area (Å²) in [4.78, 5) is 0. The maximum atomic E-state index is 13.4. The third-order valence-electron chi connectivity index (χ3n) is 19.7. The van der Waals surface area contributed by atoms with Crippen LogP contribution in [0.25, 0.3) is 0 Å². The van der Waals surface area contributed by atoms with Gasteiger partial charge in [-0.05, 0) is 278 Å². The van der Waals surface area contributed by atoms with Crippen LogP contribution in [0.2, 0.25) is 0 Å². The average Bonchev–Trinajstić information content (AvgIpc) is 0.868. The second-order valence-corrected chi connectivity index (χ2v) is 28.1. The molecule has 0 spiro atoms. The third kappa shape index (κ3) is 29.5. The van der Waals surface area contributed by atoms with E-state index in [1.807, 2.05) is 148 Å². The monoisotopic (exact) mass is 1570 g/mol. The highest BCUT2D eigenvalue weighted by Crippen LogP contribution is 2.38. The van der Waals surface area contributed by atoms with Crippen LogP contribution in [0.15, 0.2) is 291 Å². The molecule has 0 bridgehead atoms. The molecule has 0 radical (unpaired) electrons. The SMILES string of the molecule is CC(CN)C(c1cccc(F)c1)c1cccc(F)c1.CC(N)CC(c1cccc(F)c1)c1cccc(F)c1.CCC(N)CC(c1cccc(F)c1)c1cccc(F)c1.COc1ccc(C(CCN)c2cccc(F)c2)cc1.COc1cccc(C(CCN)c2cccc(F)c2)c1.COc1ccccc1C(CCN)c1cccc(F)c1. The first-order valence-corrected chi connectivity index (χ1v) is 38.5. The van der Waals surface area contributed by atoms with Crippen molar-refractivity contribution in [3.63, 3.8) is 0 Å². The lowest BCUT2D eigenvalue weighted by molar-refractivity contribution is 0.406. The van der Waals surface area contributed by atoms with Gasteiger partial charge in [0.1, 0.15) is 69.6 Å². The zero-order valence-electron chi connectivity index (χ0n) is 66.1. The summed E-state index contributed by atoms with van der Waals surface area (Å²) in [7, 11) is 4.92. The topological polar surface area (TPSA) is 184 Å². The van der Waals surface area contributed by atoms with E-state index in [9.17, 15) is 39.5 Å². The summed E-state index contributed by atoms with van der Waals surface area (Å²) in [6, 6.07) is 82.0. The molecule has 0 saturated carbocycles. The van der Waals surface area contributed by atoms with E-state index in [1.54, 1.807) is 94.1 Å². The van der Waals surface area contributed by atoms with Crippen LogP contribution < -0.4 is 48.6 Å². The van der Waals surface area contributed by atoms with Crippen molar-refractivity contribution in [2.45, 2.75) is 107 Å². The fraction of sp³-hybridized carbons (Fsp3) is 0.258. The van der Waals surface area contributed by atoms with Gasteiger partial charge in [0.15, 0.2) is 0 Å². The maximum absolute atomic E-state index is 13.4. The van der Waals surface area contributed by atoms with Crippen LogP contribution in [-0.2, 0) is 0 Å². The van der Waals surface area contributed by atoms with Gasteiger partial charge >= 0.3 is 0 Å². The molecule has 0 aromatic heterocycles. The molecule has 115 heavy (non-hydrogen) atoms. The summed E-state index contributed by atoms with van der Waals surface area (Å²) in [6.45, 7) is 8.01. The van der Waals surface area contributed by atoms with Crippen molar-refractivity contribution in [2.24, 2.45) is 40.3 Å². The lowest BCUT2D eigenvalue weighted by Gasteiger charge is -2.24. The molecule has 606 valence electrons. The molecule has 6 atom stereocenters. The van der Waals surface area contributed by atoms with Crippen LogP contribution >= 0.6 is 0 Å². The summed E-state index contributed by atoms with van der Waals surface area (Å²) in [5.41, 5.74) is 45.7. The van der Waals surface area contributed by atoms with Crippen molar-refractivity contribution in [2.75, 3.05) is 47.5 Å². The van der Waals surface area contributed by atoms with Crippen molar-refractivity contribution < 1.29 is 53.7 Å². The van der Waals surface area contributed by atoms with Crippen molar-refractivity contribution >= 4 is 0 Å². The zero-order valence-corrected chi connectivity index (χ0v) is 66.1. The quantitative estimate of drug-likeness (QED) is 0.0260. The molecule has 9 nitrogen and oxygen atoms in total. The molecule has 6 unspecified atom stereocenters. The largest absolute Gasteiger partial charge is 0.497 e. The smallest absolute Gasteiger partial charge is 0.123 e. The fourth-order valence-electron chi connectivity index (χ4n) is 13.9. The van der Waals surface area contributed by atoms with Gasteiger partial charge in [0.2, 0.25) is 0 Å². The molecule has 0 amide bonds. The second kappa shape index (κ2) is 48.4. The standard InChI is InChI=1S/C17H19F2N.2C16H17F2N.3C16H18FNO/c1-2-16(20)11-17(12-5-3-7-14(18)9-12)13-6-4-8-15(19)10-13;1-11(10-19)16(12-4-2-6-14(17)8-12)13-5-3-7-15(18)9-13;1-11(19)8-16(12-4-2-6-14(17)9-12)13-5-3-7-15(18)10-13;1-19-15-7-3-5-13(11-15)16(8-9-18)12-4-2-6-14(17)10-12;1-19-16-8-3-2-7-15(16)14(9-10-18)12-5-4-6-13(17)11-12;1-19-15-7-5-12(6-8-15)16(9-10-18)13-3-2-4-14(17)11-13/h3-10,16-17H,2,11,20H2,1H3;2-9,11,16H,10,19H2,1H3;2-7,9-11,16H,8,19H2,1H3;2-7,10-11,16H,8-9,18H2,1H3;2-8,11,14H,9-10,18H2,1H3;2-8,11,16H,9-10,18H2,1H3. The van der Waals surface area contributed by atoms with E-state index in [1.165, 1.54) is 91.0 Å². The first-order valence-electron chi connectivity index (χ1n) is 38.5. The Labute approximate surface area is 672 Å². The van der Waals surface area contributed by atoms with Crippen LogP contribution in [0.3, 0.4) is 0 Å². The molecule has 0 aliphatic rings. The normalized spacial score (nSPS) is 12.4. The number of nitrogens with two attached hydrogens (primary N) is 6. The Morgan fingerprint density at radius 2 is 0.583 bits per heavy atom. The summed E-state index contributed by atoms with van der Waals surface area (Å²) < 4.78 is 136. The molecule has 12 aromatic carbocycles. The van der Waals surface area contributed by atoms with Gasteiger partial charge in [-0.25, -0.2) is 39.5 Å². The first-order chi connectivity index (χ1) is 55.5. The van der Waals surface area contributed by atoms with E-state index in [-0.39, 0.29) is 106 Å². The van der Waals surface area contributed by atoms with Crippen LogP contribution in [0.5, 0.6) is 17.2 Å². The van der Waals surface area contributed by atoms with Gasteiger partial charge in [0.25, 0.3) is 0 Å². The van der Waals surface area contributed by atoms with Crippen molar-refractivity contribution in [1.29, 1.82) is 0 Å². The Morgan fingerprint density at radius 1 is 0.287 bits per heavy atom. The molecule has 0 heterocycles. The Kier molecular flexibility index (Phi) is 38.4. The highest BCUT2D eigenvalue weighted by molar-refractivity contribution is 5.44. The van der Waals surface area contributed by atoms with Gasteiger partial charge in [-0.1, -0.05) is 166 Å². The Hall–Kier alpha value is -10.8. The highest BCUT2D eigenvalue weighted by Gasteiger charge is 2.24. The van der Waals surface area contributed by atoms with E-state index in [0.717, 1.165) is 110 Å². The fourth-order valence-corrected chi connectivity index (χ4v) is 13.9. The number of methoxy groups -OCH3 is 3. The van der Waals surface area contributed by atoms with Gasteiger partial charge in [-0.3, -0.25) is 0 Å². The van der Waals surface area contributed by atoms with Gasteiger partial charge in [-0.2, -0.15) is 0 Å². The van der Waals surface area contributed by atoms with Gasteiger partial charge in [-0.15, -0.1) is 0 Å². The maximum Gasteiger partial charge on any atom is 0.123 e. The van der Waals surface area contributed by atoms with Crippen LogP contribution in [0.4, 0.5) is 39.5 Å². The molecule has 0 aliphatic heterocycles. The van der Waals surface area contributed by atoms with Gasteiger partial charge in [0, 0.05) is 53.2 Å². The average molecular weight is 1580 g/mol. The summed E-state index contributed by atoms with van der Waals surface area (Å²) in [5, 5.41) is 0. The van der Waals surface area contributed by atoms with Crippen molar-refractivity contribution in [3.05, 3.63) is 410 Å². The predicted octanol–water partition coefficient (Wildman–Crippen LogP) is 21.7. The number of hydrogen-bond donors (Lipinski definition) is 6. The van der Waals surface area contributed by atoms with E-state index >= 15 is 0 Å². The van der Waals surface area contributed by atoms with E-state index < -0.39 is 0 Å². The molecule has 18 heteroatoms. The number of hydrogen-bond acceptors (Lipinski definition) is 9. The van der Waals surface area contributed by atoms with E-state index in [4.69, 9.17) is 48.6 Å². The second-order valence-electron chi connectivity index (χ2n) is 28.1. The van der Waals surface area contributed by atoms with E-state index in [2.05, 4.69) is 0 Å². The number of benzene rings is 12. The van der Waals surface area contributed by atoms with Gasteiger partial charge < -0.3 is 48.6 Å². The van der Waals surface area contributed by atoms with Crippen molar-refractivity contribution in [3.8, 4) is 17.2 Å². The van der Waals surface area contributed by atoms with E-state index in [0.29, 0.717) is 39.0 Å². The molecule has 0 aliphatic carbocycles. The van der Waals surface area contributed by atoms with Crippen molar-refractivity contribution in [1.82, 2.24) is 0 Å². The minimum absolute atomic E-state index is 0.00605. The molecule has 0 saturated heterocycles. The Morgan fingerprint density at radius 3 is 0.904 bits per heavy atom. The lowest BCUT2D eigenvalue weighted by atomic mass is 9.81. The Balaban J connectivity index is 0.000000191. The Bertz CT molecular complexity index is 4710. The number of rotatable bonds is 28. The predicted molar refractivity (Wildman–Crippen MR) is 448 cm³/mol. The van der Waals surface area contributed by atoms with Crippen LogP contribution in [0.1, 0.15) is 162 Å². The zero-order chi connectivity index (χ0) is 83.2. The minimum Gasteiger partial charge on any atom is -0.497 e. The molecular formula is C97H107F9N6O3. The molecular weight excluding hydrogens is 1470 g/mol. The molecule has 12 rings (SSSR count). The summed E-state index contributed by atoms with van der Waals surface area (Å²) >= 11 is 0. The first kappa shape index (κ1) is 91.4. The summed E-state index contributed by atoms with van der Waals surface area (Å²) in [6.07, 6.45) is 4.47. The van der Waals surface area contributed by atoms with Gasteiger partial charge in [0.05, 0.1) is 21.3 Å². The third-order valence-corrected chi connectivity index (χ3v) is 19.7.